The fourth-order valence-corrected chi connectivity index (χ4v) is 11.1. The van der Waals surface area contributed by atoms with Gasteiger partial charge in [0, 0.05) is 93.5 Å². The van der Waals surface area contributed by atoms with E-state index in [0.717, 1.165) is 31.4 Å². The first-order valence-electron chi connectivity index (χ1n) is 26.1. The molecule has 1 saturated heterocycles. The van der Waals surface area contributed by atoms with E-state index >= 15 is 4.39 Å². The number of nitrogens with one attached hydrogen (secondary N) is 1. The molecule has 4 aliphatic heterocycles. The van der Waals surface area contributed by atoms with E-state index in [2.05, 4.69) is 10.4 Å². The highest BCUT2D eigenvalue weighted by Gasteiger charge is 2.50. The molecule has 3 aromatic carbocycles. The lowest BCUT2D eigenvalue weighted by molar-refractivity contribution is -0.160. The third kappa shape index (κ3) is 10.4. The smallest absolute Gasteiger partial charge is 0.341 e. The number of ether oxygens (including phenoxy) is 5. The van der Waals surface area contributed by atoms with Gasteiger partial charge in [-0.25, -0.2) is 9.18 Å². The number of carboxylic acids is 1. The van der Waals surface area contributed by atoms with E-state index < -0.39 is 129 Å². The van der Waals surface area contributed by atoms with E-state index in [1.807, 2.05) is 0 Å². The number of aliphatic hydroxyl groups is 2. The molecule has 7 N–H and O–H groups in total. The minimum absolute atomic E-state index is 0.0242. The summed E-state index contributed by atoms with van der Waals surface area (Å²) < 4.78 is 47.6. The van der Waals surface area contributed by atoms with Crippen LogP contribution in [0, 0.1) is 36.4 Å². The van der Waals surface area contributed by atoms with Crippen LogP contribution in [0.3, 0.4) is 0 Å². The number of esters is 1. The number of aliphatic hydroxyl groups excluding tert-OH is 2. The summed E-state index contributed by atoms with van der Waals surface area (Å²) in [5.74, 6) is -11.6. The average molecular weight is 1100 g/mol. The fraction of sp³-hybridized carbons (Fsp3) is 0.474. The van der Waals surface area contributed by atoms with Crippen LogP contribution in [0.4, 0.5) is 15.8 Å². The second-order valence-corrected chi connectivity index (χ2v) is 21.3. The Labute approximate surface area is 454 Å². The second kappa shape index (κ2) is 22.2. The Hall–Kier alpha value is -7.69. The molecule has 2 fully saturated rings. The van der Waals surface area contributed by atoms with Gasteiger partial charge in [-0.3, -0.25) is 24.2 Å². The predicted molar refractivity (Wildman–Crippen MR) is 290 cm³/mol. The number of phenolic OH excluding ortho intramolecular Hbond substituents is 3. The monoisotopic (exact) mass is 1100 g/mol. The van der Waals surface area contributed by atoms with E-state index in [-0.39, 0.29) is 74.9 Å². The topological polar surface area (TPSA) is 289 Å². The molecule has 424 valence electrons. The number of aromatic carboxylic acids is 1. The first-order valence-corrected chi connectivity index (χ1v) is 26.1. The number of aromatic nitrogens is 1. The van der Waals surface area contributed by atoms with Gasteiger partial charge in [0.1, 0.15) is 34.6 Å². The molecule has 0 spiro atoms. The van der Waals surface area contributed by atoms with Crippen molar-refractivity contribution in [3.05, 3.63) is 86.7 Å². The lowest BCUT2D eigenvalue weighted by Gasteiger charge is -2.38. The zero-order valence-electron chi connectivity index (χ0n) is 45.9. The van der Waals surface area contributed by atoms with Crippen LogP contribution in [0.1, 0.15) is 106 Å². The number of hydrogen-bond acceptors (Lipinski definition) is 18. The molecule has 1 amide bonds. The number of anilines is 2. The number of benzene rings is 3. The molecule has 9 rings (SSSR count). The lowest BCUT2D eigenvalue weighted by atomic mass is 9.78. The summed E-state index contributed by atoms with van der Waals surface area (Å²) >= 11 is 0. The average Bonchev–Trinajstić information content (AvgIpc) is 4.33. The number of carboxylic acid groups (broad SMARTS) is 1. The molecule has 22 heteroatoms. The summed E-state index contributed by atoms with van der Waals surface area (Å²) in [5.41, 5.74) is -1.95. The summed E-state index contributed by atoms with van der Waals surface area (Å²) in [4.78, 5) is 68.5. The number of amides is 1. The number of nitrogens with zero attached hydrogens (tertiary/aromatic N) is 4. The Morgan fingerprint density at radius 3 is 2.29 bits per heavy atom. The second-order valence-electron chi connectivity index (χ2n) is 21.3. The maximum absolute atomic E-state index is 16.4. The Kier molecular flexibility index (Phi) is 16.2. The van der Waals surface area contributed by atoms with Crippen molar-refractivity contribution in [2.24, 2.45) is 28.8 Å². The van der Waals surface area contributed by atoms with Gasteiger partial charge in [-0.1, -0.05) is 45.9 Å². The summed E-state index contributed by atoms with van der Waals surface area (Å²) in [6.07, 6.45) is 7.35. The number of halogens is 1. The summed E-state index contributed by atoms with van der Waals surface area (Å²) in [7, 11) is 4.36. The van der Waals surface area contributed by atoms with Crippen LogP contribution in [-0.4, -0.2) is 141 Å². The lowest BCUT2D eigenvalue weighted by Crippen LogP contribution is -2.46. The fourth-order valence-electron chi connectivity index (χ4n) is 11.1. The van der Waals surface area contributed by atoms with Crippen molar-refractivity contribution in [2.75, 3.05) is 44.6 Å². The van der Waals surface area contributed by atoms with Crippen LogP contribution in [0.15, 0.2) is 58.3 Å². The van der Waals surface area contributed by atoms with Gasteiger partial charge in [0.2, 0.25) is 5.43 Å². The van der Waals surface area contributed by atoms with E-state index in [1.165, 1.54) is 71.3 Å². The Morgan fingerprint density at radius 2 is 1.66 bits per heavy atom. The van der Waals surface area contributed by atoms with E-state index in [1.54, 1.807) is 50.3 Å². The highest BCUT2D eigenvalue weighted by molar-refractivity contribution is 6.24. The minimum Gasteiger partial charge on any atom is -0.507 e. The van der Waals surface area contributed by atoms with Gasteiger partial charge in [0.15, 0.2) is 17.3 Å². The molecule has 10 atom stereocenters. The number of hydrazone groups is 1. The number of rotatable bonds is 9. The SMILES string of the molecule is COc1c(N2CCC(N(C)/N=C/c3c4c(O)c5c(O)c(C)c6c(c5c3O)C(=O)[C@@](C)(O/C=C/[C@H](OC)[C@@H](C)[C@@H](OC(C)=O)[C@H](C)[C@@H](O)[C@H](C)[C@@H](O)[C@H](C)/C=C/C=C(/C)C(=O)N4)O6)C2)c(F)cc2c(=O)c(C(=O)O)cn(C3CC3)c12. The molecule has 1 unspecified atom stereocenters. The Bertz CT molecular complexity index is 3330. The first-order chi connectivity index (χ1) is 37.3. The number of allylic oxidation sites excluding steroid dienone is 2. The highest BCUT2D eigenvalue weighted by atomic mass is 19.1. The molecular weight excluding hydrogens is 1030 g/mol. The van der Waals surface area contributed by atoms with Crippen molar-refractivity contribution >= 4 is 62.9 Å². The molecule has 1 aromatic heterocycles. The molecule has 1 saturated carbocycles. The number of pyridine rings is 1. The van der Waals surface area contributed by atoms with Crippen LogP contribution < -0.4 is 25.1 Å². The molecule has 1 aliphatic carbocycles. The highest BCUT2D eigenvalue weighted by Crippen LogP contribution is 2.55. The van der Waals surface area contributed by atoms with Crippen molar-refractivity contribution < 1.29 is 77.9 Å². The minimum atomic E-state index is -2.15. The van der Waals surface area contributed by atoms with Gasteiger partial charge >= 0.3 is 17.7 Å². The van der Waals surface area contributed by atoms with Crippen LogP contribution in [0.2, 0.25) is 0 Å². The third-order valence-electron chi connectivity index (χ3n) is 16.0. The van der Waals surface area contributed by atoms with Crippen LogP contribution in [0.25, 0.3) is 21.7 Å². The standard InChI is InChI=1S/C57H68FN5O16/c1-25-13-12-14-26(2)55(72)60-42-35(22-59-61(9)33-17-19-62(23-33)44-37(58)21-34-43(53(44)76-11)63(32-15-16-32)24-36(48(34)68)56(73)74)49(69)39-40(50(42)70)47(67)30(6)52-41(39)54(71)57(8,79-52)77-20-18-38(75-10)27(3)51(78-31(7)64)29(5)46(66)28(4)45(25)65/h12-14,18,20-22,24-25,27-29,32-33,38,45-46,51,65-67,69-70H,15-17,19,23H2,1-11H3,(H,60,72)(H,73,74)/b13-12+,20-18+,26-14-,59-22+/t25-,27-,28-,29-,33?,38+,45+,46+,51-,57+/m1/s1. The molecule has 5 bridgehead atoms. The Balaban J connectivity index is 1.21. The third-order valence-corrected chi connectivity index (χ3v) is 16.0. The Morgan fingerprint density at radius 1 is 0.962 bits per heavy atom. The summed E-state index contributed by atoms with van der Waals surface area (Å²) in [6, 6.07) is 0.454. The first kappa shape index (κ1) is 57.5. The number of Topliss-reactive ketones (excluding diaryl/α,β-unsaturated/α-hetero) is 1. The summed E-state index contributed by atoms with van der Waals surface area (Å²) in [5, 5.41) is 77.4. The number of carbonyl (C=O) groups excluding carboxylic acids is 3. The molecule has 4 aromatic rings. The van der Waals surface area contributed by atoms with Crippen molar-refractivity contribution in [2.45, 2.75) is 117 Å². The van der Waals surface area contributed by atoms with E-state index in [4.69, 9.17) is 23.7 Å². The van der Waals surface area contributed by atoms with Gasteiger partial charge in [0.05, 0.1) is 77.0 Å². The predicted octanol–water partition coefficient (Wildman–Crippen LogP) is 6.79. The molecular formula is C57H68FN5O16. The quantitative estimate of drug-likeness (QED) is 0.0298. The number of aromatic hydroxyl groups is 3. The molecule has 21 nitrogen and oxygen atoms in total. The number of methoxy groups -OCH3 is 2. The number of ketones is 1. The van der Waals surface area contributed by atoms with Gasteiger partial charge in [-0.2, -0.15) is 5.10 Å². The van der Waals surface area contributed by atoms with Crippen molar-refractivity contribution in [1.29, 1.82) is 0 Å². The zero-order chi connectivity index (χ0) is 57.8. The van der Waals surface area contributed by atoms with Crippen LogP contribution >= 0.6 is 0 Å². The number of phenols is 3. The number of fused-ring (bicyclic) bond motifs is 15. The van der Waals surface area contributed by atoms with Crippen LogP contribution in [0.5, 0.6) is 28.7 Å². The van der Waals surface area contributed by atoms with Crippen LogP contribution in [-0.2, 0) is 23.8 Å². The largest absolute Gasteiger partial charge is 0.507 e. The van der Waals surface area contributed by atoms with Gasteiger partial charge in [-0.05, 0) is 45.3 Å². The van der Waals surface area contributed by atoms with Crippen molar-refractivity contribution in [3.63, 3.8) is 0 Å². The van der Waals surface area contributed by atoms with Gasteiger partial charge in [-0.15, -0.1) is 0 Å². The normalized spacial score (nSPS) is 28.4. The molecule has 5 heterocycles. The number of hydrogen-bond donors (Lipinski definition) is 7. The van der Waals surface area contributed by atoms with Gasteiger partial charge in [0.25, 0.3) is 11.7 Å². The maximum atomic E-state index is 16.4. The summed E-state index contributed by atoms with van der Waals surface area (Å²) in [6.45, 7) is 12.7. The number of likely N-dealkylation sites (N-methyl/N-ethyl adjacent to an activating group) is 1. The van der Waals surface area contributed by atoms with E-state index in [0.29, 0.717) is 6.42 Å². The maximum Gasteiger partial charge on any atom is 0.341 e. The number of carbonyl (C=O) groups is 4. The van der Waals surface area contributed by atoms with Gasteiger partial charge < -0.3 is 69.1 Å². The van der Waals surface area contributed by atoms with Crippen molar-refractivity contribution in [3.8, 4) is 28.7 Å². The molecule has 0 radical (unpaired) electrons. The van der Waals surface area contributed by atoms with Crippen molar-refractivity contribution in [1.82, 2.24) is 9.58 Å². The molecule has 5 aliphatic rings. The zero-order valence-corrected chi connectivity index (χ0v) is 45.9. The molecule has 79 heavy (non-hydrogen) atoms. The van der Waals surface area contributed by atoms with E-state index in [9.17, 15) is 54.6 Å².